The van der Waals surface area contributed by atoms with Crippen LogP contribution in [0.1, 0.15) is 6.92 Å². The number of aliphatic imine (C=N–C) groups is 1. The molecule has 4 nitrogen and oxygen atoms in total. The van der Waals surface area contributed by atoms with Crippen molar-refractivity contribution < 1.29 is 4.79 Å². The van der Waals surface area contributed by atoms with E-state index in [2.05, 4.69) is 10.3 Å². The summed E-state index contributed by atoms with van der Waals surface area (Å²) in [6, 6.07) is 0. The molecule has 52 valence electrons. The lowest BCUT2D eigenvalue weighted by Crippen LogP contribution is -2.19. The van der Waals surface area contributed by atoms with E-state index in [-0.39, 0.29) is 12.5 Å². The van der Waals surface area contributed by atoms with E-state index in [9.17, 15) is 4.79 Å². The van der Waals surface area contributed by atoms with Crippen LogP contribution in [0.25, 0.3) is 0 Å². The molecule has 0 atom stereocenters. The number of amides is 1. The highest BCUT2D eigenvalue weighted by atomic mass is 16.1. The highest BCUT2D eigenvalue weighted by Gasteiger charge is 1.93. The Hall–Kier alpha value is -0.900. The van der Waals surface area contributed by atoms with E-state index in [1.54, 1.807) is 14.0 Å². The molecule has 0 aromatic rings. The summed E-state index contributed by atoms with van der Waals surface area (Å²) in [5.74, 6) is 0.0627. The van der Waals surface area contributed by atoms with Gasteiger partial charge in [0.25, 0.3) is 5.91 Å². The minimum atomic E-state index is -0.238. The molecule has 3 N–H and O–H groups in total. The van der Waals surface area contributed by atoms with Crippen LogP contribution in [0.15, 0.2) is 4.99 Å². The minimum absolute atomic E-state index is 0.238. The Labute approximate surface area is 54.1 Å². The molecule has 0 aliphatic rings. The van der Waals surface area contributed by atoms with Gasteiger partial charge in [-0.15, -0.1) is 0 Å². The summed E-state index contributed by atoms with van der Waals surface area (Å²) in [4.78, 5) is 14.0. The second-order valence-corrected chi connectivity index (χ2v) is 1.68. The third-order valence-electron chi connectivity index (χ3n) is 0.629. The van der Waals surface area contributed by atoms with Crippen LogP contribution in [0.5, 0.6) is 0 Å². The van der Waals surface area contributed by atoms with Crippen LogP contribution >= 0.6 is 0 Å². The fraction of sp³-hybridized carbons (Fsp3) is 0.600. The third-order valence-corrected chi connectivity index (χ3v) is 0.629. The predicted molar refractivity (Wildman–Crippen MR) is 36.2 cm³/mol. The molecule has 0 spiro atoms. The lowest BCUT2D eigenvalue weighted by atomic mass is 10.6. The Balaban J connectivity index is 3.63. The van der Waals surface area contributed by atoms with Crippen LogP contribution in [-0.2, 0) is 4.79 Å². The van der Waals surface area contributed by atoms with Gasteiger partial charge in [0, 0.05) is 0 Å². The molecule has 0 radical (unpaired) electrons. The summed E-state index contributed by atoms with van der Waals surface area (Å²) in [6.45, 7) is 1.82. The lowest BCUT2D eigenvalue weighted by Gasteiger charge is -1.91. The number of likely N-dealkylation sites (N-methyl/N-ethyl adjacent to an activating group) is 1. The van der Waals surface area contributed by atoms with Gasteiger partial charge in [0.2, 0.25) is 0 Å². The van der Waals surface area contributed by atoms with Gasteiger partial charge in [0.1, 0.15) is 0 Å². The standard InChI is InChI=1S/C5H11N3O/c1-4(6)8-5(9)3-7-2/h7H,3H2,1-2H3,(H2,6,8,9). The normalized spacial score (nSPS) is 11.6. The largest absolute Gasteiger partial charge is 0.387 e. The van der Waals surface area contributed by atoms with E-state index in [1.807, 2.05) is 0 Å². The second kappa shape index (κ2) is 4.03. The van der Waals surface area contributed by atoms with Gasteiger partial charge < -0.3 is 11.1 Å². The van der Waals surface area contributed by atoms with E-state index < -0.39 is 0 Å². The number of carbonyl (C=O) groups excluding carboxylic acids is 1. The molecule has 0 heterocycles. The maximum Gasteiger partial charge on any atom is 0.261 e. The number of nitrogens with two attached hydrogens (primary N) is 1. The summed E-state index contributed by atoms with van der Waals surface area (Å²) in [5.41, 5.74) is 5.12. The summed E-state index contributed by atoms with van der Waals surface area (Å²) in [5, 5.41) is 2.66. The molecule has 0 saturated carbocycles. The maximum absolute atomic E-state index is 10.5. The number of rotatable bonds is 2. The SMILES string of the molecule is CNCC(=O)N=C(C)N. The fourth-order valence-electron chi connectivity index (χ4n) is 0.387. The predicted octanol–water partition coefficient (Wildman–Crippen LogP) is -0.890. The first-order valence-electron chi connectivity index (χ1n) is 2.65. The average Bonchev–Trinajstić information content (AvgIpc) is 1.63. The van der Waals surface area contributed by atoms with Gasteiger partial charge in [-0.05, 0) is 14.0 Å². The number of hydrogen-bond acceptors (Lipinski definition) is 2. The number of nitrogens with zero attached hydrogens (tertiary/aromatic N) is 1. The van der Waals surface area contributed by atoms with E-state index in [4.69, 9.17) is 5.73 Å². The smallest absolute Gasteiger partial charge is 0.261 e. The molecule has 0 aromatic heterocycles. The Bertz CT molecular complexity index is 126. The van der Waals surface area contributed by atoms with Crippen LogP contribution in [0, 0.1) is 0 Å². The van der Waals surface area contributed by atoms with Crippen molar-refractivity contribution in [1.29, 1.82) is 0 Å². The molecular weight excluding hydrogens is 118 g/mol. The first-order chi connectivity index (χ1) is 4.16. The zero-order chi connectivity index (χ0) is 7.28. The van der Waals surface area contributed by atoms with Crippen LogP contribution in [0.2, 0.25) is 0 Å². The maximum atomic E-state index is 10.5. The van der Waals surface area contributed by atoms with Crippen LogP contribution < -0.4 is 11.1 Å². The van der Waals surface area contributed by atoms with Gasteiger partial charge in [-0.3, -0.25) is 4.79 Å². The van der Waals surface area contributed by atoms with E-state index in [1.165, 1.54) is 0 Å². The molecule has 4 heteroatoms. The fourth-order valence-corrected chi connectivity index (χ4v) is 0.387. The molecule has 1 amide bonds. The van der Waals surface area contributed by atoms with Gasteiger partial charge in [-0.2, -0.15) is 4.99 Å². The third kappa shape index (κ3) is 4.96. The van der Waals surface area contributed by atoms with Gasteiger partial charge in [-0.1, -0.05) is 0 Å². The highest BCUT2D eigenvalue weighted by molar-refractivity contribution is 5.93. The van der Waals surface area contributed by atoms with Crippen LogP contribution in [0.4, 0.5) is 0 Å². The van der Waals surface area contributed by atoms with Gasteiger partial charge >= 0.3 is 0 Å². The number of hydrogen-bond donors (Lipinski definition) is 2. The molecule has 0 aliphatic carbocycles. The minimum Gasteiger partial charge on any atom is -0.387 e. The second-order valence-electron chi connectivity index (χ2n) is 1.68. The summed E-state index contributed by atoms with van der Waals surface area (Å²) in [7, 11) is 1.68. The van der Waals surface area contributed by atoms with Crippen LogP contribution in [-0.4, -0.2) is 25.3 Å². The lowest BCUT2D eigenvalue weighted by molar-refractivity contribution is -0.116. The van der Waals surface area contributed by atoms with Crippen molar-refractivity contribution in [3.8, 4) is 0 Å². The molecule has 0 unspecified atom stereocenters. The van der Waals surface area contributed by atoms with Crippen molar-refractivity contribution in [2.75, 3.05) is 13.6 Å². The Kier molecular flexibility index (Phi) is 3.62. The molecule has 0 rings (SSSR count). The first-order valence-corrected chi connectivity index (χ1v) is 2.65. The molecule has 0 saturated heterocycles. The highest BCUT2D eigenvalue weighted by Crippen LogP contribution is 1.71. The average molecular weight is 129 g/mol. The van der Waals surface area contributed by atoms with Crippen molar-refractivity contribution in [2.24, 2.45) is 10.7 Å². The number of carbonyl (C=O) groups is 1. The molecular formula is C5H11N3O. The van der Waals surface area contributed by atoms with E-state index >= 15 is 0 Å². The quantitative estimate of drug-likeness (QED) is 0.375. The topological polar surface area (TPSA) is 67.5 Å². The van der Waals surface area contributed by atoms with Gasteiger partial charge in [0.15, 0.2) is 0 Å². The zero-order valence-electron chi connectivity index (χ0n) is 5.64. The molecule has 9 heavy (non-hydrogen) atoms. The molecule has 0 aromatic carbocycles. The van der Waals surface area contributed by atoms with Crippen molar-refractivity contribution in [2.45, 2.75) is 6.92 Å². The van der Waals surface area contributed by atoms with Crippen molar-refractivity contribution in [3.63, 3.8) is 0 Å². The van der Waals surface area contributed by atoms with E-state index in [0.29, 0.717) is 5.84 Å². The van der Waals surface area contributed by atoms with Crippen molar-refractivity contribution in [3.05, 3.63) is 0 Å². The van der Waals surface area contributed by atoms with Crippen molar-refractivity contribution >= 4 is 11.7 Å². The molecule has 0 bridgehead atoms. The summed E-state index contributed by atoms with van der Waals surface area (Å²) in [6.07, 6.45) is 0. The Morgan fingerprint density at radius 3 is 2.67 bits per heavy atom. The number of nitrogens with one attached hydrogen (secondary N) is 1. The zero-order valence-corrected chi connectivity index (χ0v) is 5.64. The summed E-state index contributed by atoms with van der Waals surface area (Å²) < 4.78 is 0. The molecule has 0 fully saturated rings. The van der Waals surface area contributed by atoms with Crippen LogP contribution in [0.3, 0.4) is 0 Å². The van der Waals surface area contributed by atoms with E-state index in [0.717, 1.165) is 0 Å². The monoisotopic (exact) mass is 129 g/mol. The first kappa shape index (κ1) is 8.10. The Morgan fingerprint density at radius 2 is 2.33 bits per heavy atom. The van der Waals surface area contributed by atoms with Gasteiger partial charge in [-0.25, -0.2) is 0 Å². The summed E-state index contributed by atoms with van der Waals surface area (Å²) >= 11 is 0. The van der Waals surface area contributed by atoms with Crippen molar-refractivity contribution in [1.82, 2.24) is 5.32 Å². The molecule has 0 aliphatic heterocycles. The number of amidine groups is 1. The Morgan fingerprint density at radius 1 is 1.78 bits per heavy atom. The van der Waals surface area contributed by atoms with Gasteiger partial charge in [0.05, 0.1) is 12.4 Å².